The molecule has 1 aliphatic rings. The molecule has 122 valence electrons. The summed E-state index contributed by atoms with van der Waals surface area (Å²) in [7, 11) is 0. The molecule has 1 aromatic carbocycles. The molecule has 0 aliphatic carbocycles. The first kappa shape index (κ1) is 16.5. The van der Waals surface area contributed by atoms with E-state index in [1.165, 1.54) is 24.2 Å². The second kappa shape index (κ2) is 7.47. The Morgan fingerprint density at radius 2 is 2.04 bits per heavy atom. The fourth-order valence-electron chi connectivity index (χ4n) is 3.11. The molecule has 2 aromatic rings. The number of nitrogens with one attached hydrogen (secondary N) is 1. The van der Waals surface area contributed by atoms with Crippen molar-refractivity contribution in [1.82, 2.24) is 10.2 Å². The van der Waals surface area contributed by atoms with Crippen molar-refractivity contribution in [2.75, 3.05) is 19.6 Å². The van der Waals surface area contributed by atoms with Crippen molar-refractivity contribution in [3.8, 4) is 0 Å². The van der Waals surface area contributed by atoms with Gasteiger partial charge in [0, 0.05) is 11.6 Å². The molecule has 1 atom stereocenters. The van der Waals surface area contributed by atoms with Crippen LogP contribution in [-0.2, 0) is 0 Å². The van der Waals surface area contributed by atoms with Crippen molar-refractivity contribution in [3.05, 3.63) is 56.7 Å². The van der Waals surface area contributed by atoms with Gasteiger partial charge in [-0.15, -0.1) is 11.3 Å². The summed E-state index contributed by atoms with van der Waals surface area (Å²) < 4.78 is 0. The largest absolute Gasteiger partial charge is 0.349 e. The predicted octanol–water partition coefficient (Wildman–Crippen LogP) is 4.28. The van der Waals surface area contributed by atoms with E-state index in [1.807, 2.05) is 36.6 Å². The molecule has 0 saturated carbocycles. The number of carbonyl (C=O) groups excluding carboxylic acids is 1. The maximum atomic E-state index is 12.4. The van der Waals surface area contributed by atoms with Crippen LogP contribution >= 0.6 is 22.9 Å². The number of rotatable bonds is 5. The van der Waals surface area contributed by atoms with Crippen molar-refractivity contribution >= 4 is 28.8 Å². The van der Waals surface area contributed by atoms with E-state index in [2.05, 4.69) is 16.3 Å². The number of hydrogen-bond donors (Lipinski definition) is 1. The summed E-state index contributed by atoms with van der Waals surface area (Å²) in [5.74, 6) is 0.00810. The Kier molecular flexibility index (Phi) is 5.36. The SMILES string of the molecule is Cc1ccsc1C(=O)NCC(c1ccccc1Cl)N1CCCC1. The fraction of sp³-hybridized carbons (Fsp3) is 0.389. The van der Waals surface area contributed by atoms with Gasteiger partial charge in [0.25, 0.3) is 5.91 Å². The van der Waals surface area contributed by atoms with Crippen LogP contribution in [0.4, 0.5) is 0 Å². The predicted molar refractivity (Wildman–Crippen MR) is 96.4 cm³/mol. The van der Waals surface area contributed by atoms with Crippen LogP contribution in [0.1, 0.15) is 39.7 Å². The van der Waals surface area contributed by atoms with Gasteiger partial charge >= 0.3 is 0 Å². The summed E-state index contributed by atoms with van der Waals surface area (Å²) in [5.41, 5.74) is 2.13. The molecular weight excluding hydrogens is 328 g/mol. The molecule has 1 aromatic heterocycles. The lowest BCUT2D eigenvalue weighted by molar-refractivity contribution is 0.0941. The number of carbonyl (C=O) groups is 1. The van der Waals surface area contributed by atoms with Gasteiger partial charge in [-0.2, -0.15) is 0 Å². The summed E-state index contributed by atoms with van der Waals surface area (Å²) in [6, 6.07) is 10.1. The first-order valence-electron chi connectivity index (χ1n) is 7.97. The number of likely N-dealkylation sites (tertiary alicyclic amines) is 1. The van der Waals surface area contributed by atoms with Crippen molar-refractivity contribution in [2.24, 2.45) is 0 Å². The molecule has 1 amide bonds. The molecule has 23 heavy (non-hydrogen) atoms. The third-order valence-corrected chi connectivity index (χ3v) is 5.73. The van der Waals surface area contributed by atoms with Crippen molar-refractivity contribution in [3.63, 3.8) is 0 Å². The number of hydrogen-bond acceptors (Lipinski definition) is 3. The summed E-state index contributed by atoms with van der Waals surface area (Å²) in [4.78, 5) is 15.6. The highest BCUT2D eigenvalue weighted by molar-refractivity contribution is 7.12. The van der Waals surface area contributed by atoms with Crippen LogP contribution in [0.3, 0.4) is 0 Å². The van der Waals surface area contributed by atoms with Crippen LogP contribution in [0, 0.1) is 6.92 Å². The van der Waals surface area contributed by atoms with E-state index in [4.69, 9.17) is 11.6 Å². The Morgan fingerprint density at radius 3 is 2.70 bits per heavy atom. The third kappa shape index (κ3) is 3.77. The standard InChI is InChI=1S/C18H21ClN2OS/c1-13-8-11-23-17(13)18(22)20-12-16(21-9-4-5-10-21)14-6-2-3-7-15(14)19/h2-3,6-8,11,16H,4-5,9-10,12H2,1H3,(H,20,22). The minimum Gasteiger partial charge on any atom is -0.349 e. The van der Waals surface area contributed by atoms with Crippen LogP contribution < -0.4 is 5.32 Å². The minimum atomic E-state index is 0.00810. The molecule has 3 nitrogen and oxygen atoms in total. The van der Waals surface area contributed by atoms with Crippen LogP contribution in [0.5, 0.6) is 0 Å². The number of halogens is 1. The van der Waals surface area contributed by atoms with Crippen LogP contribution in [0.2, 0.25) is 5.02 Å². The molecule has 1 unspecified atom stereocenters. The van der Waals surface area contributed by atoms with Gasteiger partial charge in [0.1, 0.15) is 0 Å². The molecule has 0 spiro atoms. The van der Waals surface area contributed by atoms with E-state index in [0.717, 1.165) is 34.1 Å². The van der Waals surface area contributed by atoms with Gasteiger partial charge in [-0.1, -0.05) is 29.8 Å². The number of aryl methyl sites for hydroxylation is 1. The number of nitrogens with zero attached hydrogens (tertiary/aromatic N) is 1. The maximum Gasteiger partial charge on any atom is 0.261 e. The average Bonchev–Trinajstić information content (AvgIpc) is 3.20. The van der Waals surface area contributed by atoms with Crippen molar-refractivity contribution < 1.29 is 4.79 Å². The van der Waals surface area contributed by atoms with E-state index < -0.39 is 0 Å². The summed E-state index contributed by atoms with van der Waals surface area (Å²) in [6.07, 6.45) is 2.41. The number of thiophene rings is 1. The summed E-state index contributed by atoms with van der Waals surface area (Å²) in [5, 5.41) is 5.82. The van der Waals surface area contributed by atoms with E-state index in [-0.39, 0.29) is 11.9 Å². The van der Waals surface area contributed by atoms with Gasteiger partial charge in [0.05, 0.1) is 10.9 Å². The van der Waals surface area contributed by atoms with Gasteiger partial charge in [0.2, 0.25) is 0 Å². The number of amides is 1. The summed E-state index contributed by atoms with van der Waals surface area (Å²) in [6.45, 7) is 4.67. The second-order valence-corrected chi connectivity index (χ2v) is 7.25. The quantitative estimate of drug-likeness (QED) is 0.874. The van der Waals surface area contributed by atoms with E-state index in [0.29, 0.717) is 6.54 Å². The van der Waals surface area contributed by atoms with Gasteiger partial charge in [-0.3, -0.25) is 9.69 Å². The van der Waals surface area contributed by atoms with Crippen LogP contribution in [0.15, 0.2) is 35.7 Å². The van der Waals surface area contributed by atoms with Crippen LogP contribution in [-0.4, -0.2) is 30.4 Å². The Bertz CT molecular complexity index is 679. The fourth-order valence-corrected chi connectivity index (χ4v) is 4.21. The molecule has 1 saturated heterocycles. The zero-order valence-electron chi connectivity index (χ0n) is 13.2. The van der Waals surface area contributed by atoms with Crippen LogP contribution in [0.25, 0.3) is 0 Å². The molecule has 5 heteroatoms. The van der Waals surface area contributed by atoms with Gasteiger partial charge in [-0.05, 0) is 61.5 Å². The Morgan fingerprint density at radius 1 is 1.30 bits per heavy atom. The third-order valence-electron chi connectivity index (χ3n) is 4.37. The lowest BCUT2D eigenvalue weighted by atomic mass is 10.1. The highest BCUT2D eigenvalue weighted by atomic mass is 35.5. The average molecular weight is 349 g/mol. The topological polar surface area (TPSA) is 32.3 Å². The summed E-state index contributed by atoms with van der Waals surface area (Å²) >= 11 is 7.89. The first-order chi connectivity index (χ1) is 11.2. The van der Waals surface area contributed by atoms with Gasteiger partial charge in [0.15, 0.2) is 0 Å². The van der Waals surface area contributed by atoms with E-state index >= 15 is 0 Å². The molecule has 3 rings (SSSR count). The lowest BCUT2D eigenvalue weighted by Crippen LogP contribution is -2.36. The molecule has 1 fully saturated rings. The second-order valence-electron chi connectivity index (χ2n) is 5.92. The highest BCUT2D eigenvalue weighted by Crippen LogP contribution is 2.30. The Balaban J connectivity index is 1.75. The molecular formula is C18H21ClN2OS. The Labute approximate surface area is 146 Å². The van der Waals surface area contributed by atoms with Gasteiger partial charge < -0.3 is 5.32 Å². The maximum absolute atomic E-state index is 12.4. The van der Waals surface area contributed by atoms with Crippen molar-refractivity contribution in [1.29, 1.82) is 0 Å². The smallest absolute Gasteiger partial charge is 0.261 e. The lowest BCUT2D eigenvalue weighted by Gasteiger charge is -2.28. The van der Waals surface area contributed by atoms with E-state index in [1.54, 1.807) is 0 Å². The molecule has 2 heterocycles. The molecule has 0 radical (unpaired) electrons. The van der Waals surface area contributed by atoms with Gasteiger partial charge in [-0.25, -0.2) is 0 Å². The van der Waals surface area contributed by atoms with E-state index in [9.17, 15) is 4.79 Å². The minimum absolute atomic E-state index is 0.00810. The molecule has 0 bridgehead atoms. The Hall–Kier alpha value is -1.36. The highest BCUT2D eigenvalue weighted by Gasteiger charge is 2.25. The van der Waals surface area contributed by atoms with Crippen molar-refractivity contribution in [2.45, 2.75) is 25.8 Å². The number of benzene rings is 1. The molecule has 1 N–H and O–H groups in total. The first-order valence-corrected chi connectivity index (χ1v) is 9.23. The monoisotopic (exact) mass is 348 g/mol. The normalized spacial score (nSPS) is 16.4. The zero-order valence-corrected chi connectivity index (χ0v) is 14.8. The zero-order chi connectivity index (χ0) is 16.2. The molecule has 1 aliphatic heterocycles.